The first-order valence-electron chi connectivity index (χ1n) is 8.01. The third-order valence-corrected chi connectivity index (χ3v) is 4.36. The van der Waals surface area contributed by atoms with Crippen molar-refractivity contribution < 1.29 is 19.4 Å². The van der Waals surface area contributed by atoms with Gasteiger partial charge in [0.05, 0.1) is 5.69 Å². The fraction of sp³-hybridized carbons (Fsp3) is 0.263. The van der Waals surface area contributed by atoms with Crippen LogP contribution in [0.5, 0.6) is 5.75 Å². The molecule has 3 aromatic rings. The molecule has 6 nitrogen and oxygen atoms in total. The van der Waals surface area contributed by atoms with Gasteiger partial charge in [-0.15, -0.1) is 0 Å². The fourth-order valence-electron chi connectivity index (χ4n) is 3.14. The molecule has 1 aromatic carbocycles. The number of benzene rings is 1. The van der Waals surface area contributed by atoms with Gasteiger partial charge in [0, 0.05) is 47.3 Å². The van der Waals surface area contributed by atoms with Gasteiger partial charge < -0.3 is 19.8 Å². The third-order valence-electron chi connectivity index (χ3n) is 4.36. The zero-order valence-corrected chi connectivity index (χ0v) is 14.4. The minimum atomic E-state index is -0.379. The van der Waals surface area contributed by atoms with Crippen LogP contribution < -0.4 is 0 Å². The fourth-order valence-corrected chi connectivity index (χ4v) is 3.14. The second-order valence-corrected chi connectivity index (χ2v) is 6.11. The number of Topliss-reactive ketones (excluding diaryl/α,β-unsaturated/α-hetero) is 1. The molecule has 0 radical (unpaired) electrons. The van der Waals surface area contributed by atoms with Crippen molar-refractivity contribution in [3.05, 3.63) is 52.5 Å². The zero-order chi connectivity index (χ0) is 18.1. The number of rotatable bonds is 5. The minimum Gasteiger partial charge on any atom is -0.507 e. The van der Waals surface area contributed by atoms with Crippen LogP contribution in [0.25, 0.3) is 10.9 Å². The minimum absolute atomic E-state index is 0.0694. The van der Waals surface area contributed by atoms with Gasteiger partial charge in [0.25, 0.3) is 0 Å². The third kappa shape index (κ3) is 3.15. The highest BCUT2D eigenvalue weighted by Crippen LogP contribution is 2.31. The van der Waals surface area contributed by atoms with E-state index in [-0.39, 0.29) is 24.1 Å². The van der Waals surface area contributed by atoms with Gasteiger partial charge >= 0.3 is 5.97 Å². The lowest BCUT2D eigenvalue weighted by atomic mass is 10.00. The van der Waals surface area contributed by atoms with E-state index < -0.39 is 0 Å². The molecular weight excluding hydrogens is 320 g/mol. The summed E-state index contributed by atoms with van der Waals surface area (Å²) in [6.07, 6.45) is 2.15. The quantitative estimate of drug-likeness (QED) is 0.490. The number of carbonyl (C=O) groups is 2. The molecule has 0 atom stereocenters. The molecule has 0 spiro atoms. The van der Waals surface area contributed by atoms with Crippen molar-refractivity contribution in [3.8, 4) is 5.75 Å². The van der Waals surface area contributed by atoms with Crippen molar-refractivity contribution in [3.63, 3.8) is 0 Å². The maximum absolute atomic E-state index is 12.1. The van der Waals surface area contributed by atoms with E-state index in [0.29, 0.717) is 23.4 Å². The smallest absolute Gasteiger partial charge is 0.303 e. The van der Waals surface area contributed by atoms with Crippen LogP contribution in [0, 0.1) is 6.92 Å². The van der Waals surface area contributed by atoms with Crippen LogP contribution in [0.1, 0.15) is 46.7 Å². The summed E-state index contributed by atoms with van der Waals surface area (Å²) in [5.41, 5.74) is 4.32. The summed E-state index contributed by atoms with van der Waals surface area (Å²) in [6, 6.07) is 5.54. The number of phenolic OH excluding ortho intramolecular Hbond substituents is 1. The van der Waals surface area contributed by atoms with Crippen LogP contribution in [-0.2, 0) is 22.6 Å². The molecule has 0 aliphatic rings. The number of hydrogen-bond donors (Lipinski definition) is 3. The molecule has 0 saturated carbocycles. The van der Waals surface area contributed by atoms with Gasteiger partial charge in [-0.25, -0.2) is 0 Å². The maximum atomic E-state index is 12.1. The zero-order valence-electron chi connectivity index (χ0n) is 14.4. The van der Waals surface area contributed by atoms with Gasteiger partial charge in [0.1, 0.15) is 12.4 Å². The number of aromatic nitrogens is 2. The molecule has 6 heteroatoms. The first kappa shape index (κ1) is 16.8. The van der Waals surface area contributed by atoms with Gasteiger partial charge in [-0.3, -0.25) is 9.59 Å². The molecular formula is C19H20N2O4. The Labute approximate surface area is 144 Å². The standard InChI is InChI=1S/C19H20N2O4/c1-10-17(9-25-12(3)23)21-16(18(10)11(2)22)8-13-4-5-15-14(19(13)24)6-7-20-15/h4-7,20-21,24H,8-9H2,1-3H3. The van der Waals surface area contributed by atoms with E-state index in [0.717, 1.165) is 22.0 Å². The molecule has 2 heterocycles. The number of aromatic hydroxyl groups is 1. The summed E-state index contributed by atoms with van der Waals surface area (Å²) >= 11 is 0. The number of aromatic amines is 2. The van der Waals surface area contributed by atoms with Gasteiger partial charge in [-0.05, 0) is 31.5 Å². The summed E-state index contributed by atoms with van der Waals surface area (Å²) in [5, 5.41) is 11.2. The Morgan fingerprint density at radius 2 is 1.92 bits per heavy atom. The molecule has 0 saturated heterocycles. The number of ether oxygens (including phenoxy) is 1. The van der Waals surface area contributed by atoms with Crippen LogP contribution >= 0.6 is 0 Å². The Balaban J connectivity index is 2.00. The lowest BCUT2D eigenvalue weighted by Gasteiger charge is -2.07. The highest BCUT2D eigenvalue weighted by atomic mass is 16.5. The van der Waals surface area contributed by atoms with Gasteiger partial charge in [-0.2, -0.15) is 0 Å². The molecule has 0 fully saturated rings. The highest BCUT2D eigenvalue weighted by Gasteiger charge is 2.20. The van der Waals surface area contributed by atoms with E-state index in [2.05, 4.69) is 9.97 Å². The molecule has 3 N–H and O–H groups in total. The molecule has 2 aromatic heterocycles. The van der Waals surface area contributed by atoms with Crippen LogP contribution in [0.2, 0.25) is 0 Å². The topological polar surface area (TPSA) is 95.2 Å². The average Bonchev–Trinajstić information content (AvgIpc) is 3.13. The van der Waals surface area contributed by atoms with E-state index in [9.17, 15) is 14.7 Å². The van der Waals surface area contributed by atoms with Crippen LogP contribution in [0.4, 0.5) is 0 Å². The van der Waals surface area contributed by atoms with Crippen LogP contribution in [-0.4, -0.2) is 26.8 Å². The summed E-state index contributed by atoms with van der Waals surface area (Å²) in [5.74, 6) is -0.252. The van der Waals surface area contributed by atoms with Gasteiger partial charge in [-0.1, -0.05) is 6.07 Å². The molecule has 130 valence electrons. The maximum Gasteiger partial charge on any atom is 0.303 e. The molecule has 3 rings (SSSR count). The molecule has 0 aliphatic heterocycles. The van der Waals surface area contributed by atoms with E-state index in [1.165, 1.54) is 13.8 Å². The Kier molecular flexibility index (Phi) is 4.35. The number of hydrogen-bond acceptors (Lipinski definition) is 4. The predicted molar refractivity (Wildman–Crippen MR) is 93.8 cm³/mol. The monoisotopic (exact) mass is 340 g/mol. The lowest BCUT2D eigenvalue weighted by Crippen LogP contribution is -2.01. The van der Waals surface area contributed by atoms with Crippen molar-refractivity contribution in [2.75, 3.05) is 0 Å². The SMILES string of the molecule is CC(=O)OCc1[nH]c(Cc2ccc3[nH]ccc3c2O)c(C(C)=O)c1C. The summed E-state index contributed by atoms with van der Waals surface area (Å²) in [6.45, 7) is 4.76. The van der Waals surface area contributed by atoms with Crippen LogP contribution in [0.3, 0.4) is 0 Å². The molecule has 0 aliphatic carbocycles. The largest absolute Gasteiger partial charge is 0.507 e. The Bertz CT molecular complexity index is 965. The first-order chi connectivity index (χ1) is 11.9. The number of H-pyrrole nitrogens is 2. The van der Waals surface area contributed by atoms with E-state index in [4.69, 9.17) is 4.74 Å². The van der Waals surface area contributed by atoms with E-state index >= 15 is 0 Å². The Morgan fingerprint density at radius 1 is 1.16 bits per heavy atom. The van der Waals surface area contributed by atoms with Crippen molar-refractivity contribution in [1.82, 2.24) is 9.97 Å². The Hall–Kier alpha value is -3.02. The highest BCUT2D eigenvalue weighted by molar-refractivity contribution is 5.97. The van der Waals surface area contributed by atoms with Gasteiger partial charge in [0.15, 0.2) is 5.78 Å². The molecule has 0 bridgehead atoms. The average molecular weight is 340 g/mol. The summed E-state index contributed by atoms with van der Waals surface area (Å²) < 4.78 is 5.04. The van der Waals surface area contributed by atoms with Crippen molar-refractivity contribution in [2.45, 2.75) is 33.8 Å². The number of carbonyl (C=O) groups excluding carboxylic acids is 2. The molecule has 0 unspecified atom stereocenters. The van der Waals surface area contributed by atoms with E-state index in [1.807, 2.05) is 25.1 Å². The first-order valence-corrected chi connectivity index (χ1v) is 8.01. The summed E-state index contributed by atoms with van der Waals surface area (Å²) in [7, 11) is 0. The van der Waals surface area contributed by atoms with E-state index in [1.54, 1.807) is 6.20 Å². The van der Waals surface area contributed by atoms with Crippen LogP contribution in [0.15, 0.2) is 24.4 Å². The number of ketones is 1. The lowest BCUT2D eigenvalue weighted by molar-refractivity contribution is -0.142. The number of nitrogens with one attached hydrogen (secondary N) is 2. The number of esters is 1. The molecule has 25 heavy (non-hydrogen) atoms. The predicted octanol–water partition coefficient (Wildman–Crippen LogP) is 3.37. The second-order valence-electron chi connectivity index (χ2n) is 6.11. The Morgan fingerprint density at radius 3 is 2.60 bits per heavy atom. The van der Waals surface area contributed by atoms with Crippen molar-refractivity contribution >= 4 is 22.7 Å². The summed E-state index contributed by atoms with van der Waals surface area (Å²) in [4.78, 5) is 29.4. The molecule has 0 amide bonds. The normalized spacial score (nSPS) is 11.0. The van der Waals surface area contributed by atoms with Crippen molar-refractivity contribution in [2.24, 2.45) is 0 Å². The number of fused-ring (bicyclic) bond motifs is 1. The number of phenols is 1. The van der Waals surface area contributed by atoms with Crippen molar-refractivity contribution in [1.29, 1.82) is 0 Å². The van der Waals surface area contributed by atoms with Gasteiger partial charge in [0.2, 0.25) is 0 Å². The second kappa shape index (κ2) is 6.47.